The highest BCUT2D eigenvalue weighted by atomic mass is 79.9. The minimum atomic E-state index is 0.607. The van der Waals surface area contributed by atoms with E-state index in [4.69, 9.17) is 4.74 Å². The van der Waals surface area contributed by atoms with Gasteiger partial charge in [-0.15, -0.1) is 0 Å². The van der Waals surface area contributed by atoms with Gasteiger partial charge >= 0.3 is 0 Å². The van der Waals surface area contributed by atoms with E-state index in [2.05, 4.69) is 65.4 Å². The molecule has 2 rings (SSSR count). The molecule has 0 aromatic heterocycles. The zero-order valence-electron chi connectivity index (χ0n) is 12.7. The molecule has 21 heavy (non-hydrogen) atoms. The molecule has 0 aliphatic carbocycles. The van der Waals surface area contributed by atoms with Crippen molar-refractivity contribution >= 4 is 15.9 Å². The highest BCUT2D eigenvalue weighted by Crippen LogP contribution is 2.23. The molecule has 0 saturated carbocycles. The molecule has 2 nitrogen and oxygen atoms in total. The van der Waals surface area contributed by atoms with Crippen molar-refractivity contribution in [2.75, 3.05) is 13.1 Å². The van der Waals surface area contributed by atoms with Crippen molar-refractivity contribution in [1.82, 2.24) is 5.32 Å². The molecule has 0 aliphatic heterocycles. The average Bonchev–Trinajstić information content (AvgIpc) is 2.48. The Morgan fingerprint density at radius 3 is 2.43 bits per heavy atom. The van der Waals surface area contributed by atoms with E-state index < -0.39 is 0 Å². The van der Waals surface area contributed by atoms with Gasteiger partial charge in [0.25, 0.3) is 0 Å². The first-order valence-electron chi connectivity index (χ1n) is 7.36. The number of nitrogens with one attached hydrogen (secondary N) is 1. The van der Waals surface area contributed by atoms with Gasteiger partial charge in [-0.25, -0.2) is 0 Å². The summed E-state index contributed by atoms with van der Waals surface area (Å²) in [4.78, 5) is 0. The van der Waals surface area contributed by atoms with Gasteiger partial charge in [-0.2, -0.15) is 0 Å². The van der Waals surface area contributed by atoms with E-state index in [0.717, 1.165) is 35.3 Å². The van der Waals surface area contributed by atoms with Crippen LogP contribution in [0.15, 0.2) is 46.9 Å². The number of aryl methyl sites for hydroxylation is 1. The topological polar surface area (TPSA) is 21.3 Å². The van der Waals surface area contributed by atoms with Crippen LogP contribution in [0, 0.1) is 6.92 Å². The molecular weight excluding hydrogens is 326 g/mol. The van der Waals surface area contributed by atoms with Crippen molar-refractivity contribution in [1.29, 1.82) is 0 Å². The minimum absolute atomic E-state index is 0.607. The summed E-state index contributed by atoms with van der Waals surface area (Å²) in [6, 6.07) is 14.7. The number of hydrogen-bond donors (Lipinski definition) is 1. The summed E-state index contributed by atoms with van der Waals surface area (Å²) < 4.78 is 6.96. The summed E-state index contributed by atoms with van der Waals surface area (Å²) in [6.45, 7) is 6.85. The zero-order chi connectivity index (χ0) is 15.1. The van der Waals surface area contributed by atoms with Crippen LogP contribution in [0.1, 0.15) is 23.6 Å². The van der Waals surface area contributed by atoms with Crippen LogP contribution >= 0.6 is 15.9 Å². The van der Waals surface area contributed by atoms with E-state index in [9.17, 15) is 0 Å². The first kappa shape index (κ1) is 16.1. The van der Waals surface area contributed by atoms with Crippen molar-refractivity contribution in [2.45, 2.75) is 26.9 Å². The fourth-order valence-electron chi connectivity index (χ4n) is 2.15. The number of rotatable bonds is 7. The molecule has 0 spiro atoms. The smallest absolute Gasteiger partial charge is 0.122 e. The predicted octanol–water partition coefficient (Wildman–Crippen LogP) is 4.49. The maximum Gasteiger partial charge on any atom is 0.122 e. The molecule has 0 heterocycles. The van der Waals surface area contributed by atoms with Crippen molar-refractivity contribution in [3.63, 3.8) is 0 Å². The van der Waals surface area contributed by atoms with E-state index in [1.54, 1.807) is 0 Å². The molecule has 0 saturated heterocycles. The van der Waals surface area contributed by atoms with Crippen LogP contribution < -0.4 is 10.1 Å². The molecule has 0 atom stereocenters. The van der Waals surface area contributed by atoms with Crippen LogP contribution in [0.4, 0.5) is 0 Å². The van der Waals surface area contributed by atoms with Gasteiger partial charge in [0.1, 0.15) is 12.4 Å². The summed E-state index contributed by atoms with van der Waals surface area (Å²) >= 11 is 3.47. The molecule has 3 heteroatoms. The van der Waals surface area contributed by atoms with Gasteiger partial charge in [-0.3, -0.25) is 0 Å². The van der Waals surface area contributed by atoms with Gasteiger partial charge in [0.2, 0.25) is 0 Å². The molecule has 0 amide bonds. The van der Waals surface area contributed by atoms with E-state index in [-0.39, 0.29) is 0 Å². The molecule has 0 unspecified atom stereocenters. The Morgan fingerprint density at radius 1 is 1.05 bits per heavy atom. The molecule has 1 N–H and O–H groups in total. The molecule has 2 aromatic carbocycles. The molecule has 0 radical (unpaired) electrons. The fraction of sp³-hybridized carbons (Fsp3) is 0.333. The summed E-state index contributed by atoms with van der Waals surface area (Å²) in [7, 11) is 0. The van der Waals surface area contributed by atoms with E-state index in [0.29, 0.717) is 6.61 Å². The number of benzene rings is 2. The van der Waals surface area contributed by atoms with Crippen LogP contribution in [0.25, 0.3) is 0 Å². The second-order valence-electron chi connectivity index (χ2n) is 5.12. The Labute approximate surface area is 135 Å². The third-order valence-corrected chi connectivity index (χ3v) is 3.89. The Bertz CT molecular complexity index is 566. The Kier molecular flexibility index (Phi) is 6.27. The quantitative estimate of drug-likeness (QED) is 0.745. The first-order chi connectivity index (χ1) is 10.2. The SMILES string of the molecule is CCNCCc1ccc(COc2ccc(Br)cc2C)cc1. The minimum Gasteiger partial charge on any atom is -0.489 e. The van der Waals surface area contributed by atoms with Crippen molar-refractivity contribution in [3.05, 3.63) is 63.6 Å². The molecular formula is C18H22BrNO. The van der Waals surface area contributed by atoms with Gasteiger partial charge in [0, 0.05) is 4.47 Å². The molecule has 2 aromatic rings. The van der Waals surface area contributed by atoms with Gasteiger partial charge in [0.15, 0.2) is 0 Å². The number of likely N-dealkylation sites (N-methyl/N-ethyl adjacent to an activating group) is 1. The highest BCUT2D eigenvalue weighted by molar-refractivity contribution is 9.10. The number of ether oxygens (including phenoxy) is 1. The van der Waals surface area contributed by atoms with Crippen molar-refractivity contribution in [3.8, 4) is 5.75 Å². The van der Waals surface area contributed by atoms with Gasteiger partial charge in [-0.1, -0.05) is 47.1 Å². The van der Waals surface area contributed by atoms with Gasteiger partial charge in [-0.05, 0) is 61.3 Å². The fourth-order valence-corrected chi connectivity index (χ4v) is 2.62. The lowest BCUT2D eigenvalue weighted by molar-refractivity contribution is 0.304. The largest absolute Gasteiger partial charge is 0.489 e. The van der Waals surface area contributed by atoms with Gasteiger partial charge < -0.3 is 10.1 Å². The zero-order valence-corrected chi connectivity index (χ0v) is 14.2. The summed E-state index contributed by atoms with van der Waals surface area (Å²) in [5, 5.41) is 3.34. The highest BCUT2D eigenvalue weighted by Gasteiger charge is 2.01. The Balaban J connectivity index is 1.88. The normalized spacial score (nSPS) is 10.6. The lowest BCUT2D eigenvalue weighted by Gasteiger charge is -2.10. The second kappa shape index (κ2) is 8.20. The maximum absolute atomic E-state index is 5.88. The van der Waals surface area contributed by atoms with E-state index in [1.807, 2.05) is 12.1 Å². The van der Waals surface area contributed by atoms with E-state index >= 15 is 0 Å². The lowest BCUT2D eigenvalue weighted by Crippen LogP contribution is -2.15. The van der Waals surface area contributed by atoms with Crippen LogP contribution in [0.3, 0.4) is 0 Å². The first-order valence-corrected chi connectivity index (χ1v) is 8.16. The summed E-state index contributed by atoms with van der Waals surface area (Å²) in [5.74, 6) is 0.939. The molecule has 112 valence electrons. The van der Waals surface area contributed by atoms with Crippen molar-refractivity contribution < 1.29 is 4.74 Å². The lowest BCUT2D eigenvalue weighted by atomic mass is 10.1. The standard InChI is InChI=1S/C18H22BrNO/c1-3-20-11-10-15-4-6-16(7-5-15)13-21-18-9-8-17(19)12-14(18)2/h4-9,12,20H,3,10-11,13H2,1-2H3. The van der Waals surface area contributed by atoms with Crippen LogP contribution in [0.5, 0.6) is 5.75 Å². The number of halogens is 1. The van der Waals surface area contributed by atoms with Crippen molar-refractivity contribution in [2.24, 2.45) is 0 Å². The summed E-state index contributed by atoms with van der Waals surface area (Å²) in [6.07, 6.45) is 1.07. The van der Waals surface area contributed by atoms with Crippen LogP contribution in [-0.2, 0) is 13.0 Å². The van der Waals surface area contributed by atoms with Crippen LogP contribution in [-0.4, -0.2) is 13.1 Å². The monoisotopic (exact) mass is 347 g/mol. The maximum atomic E-state index is 5.88. The van der Waals surface area contributed by atoms with Crippen LogP contribution in [0.2, 0.25) is 0 Å². The molecule has 0 aliphatic rings. The molecule has 0 bridgehead atoms. The van der Waals surface area contributed by atoms with E-state index in [1.165, 1.54) is 11.1 Å². The Hall–Kier alpha value is -1.32. The number of hydrogen-bond acceptors (Lipinski definition) is 2. The second-order valence-corrected chi connectivity index (χ2v) is 6.03. The third-order valence-electron chi connectivity index (χ3n) is 3.39. The molecule has 0 fully saturated rings. The van der Waals surface area contributed by atoms with Gasteiger partial charge in [0.05, 0.1) is 0 Å². The predicted molar refractivity (Wildman–Crippen MR) is 91.9 cm³/mol. The summed E-state index contributed by atoms with van der Waals surface area (Å²) in [5.41, 5.74) is 3.70. The Morgan fingerprint density at radius 2 is 1.76 bits per heavy atom. The third kappa shape index (κ3) is 5.18. The average molecular weight is 348 g/mol.